The summed E-state index contributed by atoms with van der Waals surface area (Å²) >= 11 is 0. The highest BCUT2D eigenvalue weighted by Crippen LogP contribution is 2.63. The third-order valence-electron chi connectivity index (χ3n) is 9.99. The van der Waals surface area contributed by atoms with Crippen LogP contribution >= 0.6 is 0 Å². The first-order chi connectivity index (χ1) is 16.4. The fourth-order valence-corrected chi connectivity index (χ4v) is 9.08. The molecule has 0 amide bonds. The monoisotopic (exact) mass is 518 g/mol. The minimum Gasteiger partial charge on any atom is -0.458 e. The molecule has 9 nitrogen and oxygen atoms in total. The Balaban J connectivity index is 1.26. The fourth-order valence-electron chi connectivity index (χ4n) is 8.82. The molecule has 0 aromatic heterocycles. The molecule has 0 radical (unpaired) electrons. The van der Waals surface area contributed by atoms with Crippen molar-refractivity contribution in [2.24, 2.45) is 47.3 Å². The maximum atomic E-state index is 13.9. The van der Waals surface area contributed by atoms with Gasteiger partial charge in [-0.25, -0.2) is 4.79 Å². The molecule has 194 valence electrons. The highest BCUT2D eigenvalue weighted by molar-refractivity contribution is 7.87. The first kappa shape index (κ1) is 23.6. The number of fused-ring (bicyclic) bond motifs is 1. The zero-order valence-corrected chi connectivity index (χ0v) is 19.9. The van der Waals surface area contributed by atoms with Crippen molar-refractivity contribution in [2.45, 2.75) is 74.9 Å². The minimum atomic E-state index is -6.06. The Bertz CT molecular complexity index is 1060. The van der Waals surface area contributed by atoms with Crippen LogP contribution in [0, 0.1) is 47.3 Å². The van der Waals surface area contributed by atoms with E-state index in [0.29, 0.717) is 18.3 Å². The summed E-state index contributed by atoms with van der Waals surface area (Å²) in [5.74, 6) is -5.10. The zero-order chi connectivity index (χ0) is 25.1. The standard InChI is InChI=1S/C23H28F2O9S/c1-2-22(11-4-9-3-10(6-11)7-12(22)5-9)34-20(27)16-14-8-13-15(16)19(26)32-17(13)18(14)33-21(28)23(24,25)35(29,30)31/h9-18H,2-8H2,1H3,(H,29,30,31)/t9?,10?,11?,12?,13?,14-,15?,16?,17?,18?,22?/m0/s1. The predicted octanol–water partition coefficient (Wildman–Crippen LogP) is 2.33. The van der Waals surface area contributed by atoms with Gasteiger partial charge in [-0.05, 0) is 68.6 Å². The van der Waals surface area contributed by atoms with Gasteiger partial charge in [0.05, 0.1) is 11.8 Å². The van der Waals surface area contributed by atoms with Crippen molar-refractivity contribution >= 4 is 28.0 Å². The minimum absolute atomic E-state index is 0.229. The molecule has 0 spiro atoms. The van der Waals surface area contributed by atoms with Crippen molar-refractivity contribution in [1.82, 2.24) is 0 Å². The number of halogens is 2. The molecule has 0 aromatic carbocycles. The summed E-state index contributed by atoms with van der Waals surface area (Å²) in [6.07, 6.45) is 3.65. The largest absolute Gasteiger partial charge is 0.465 e. The van der Waals surface area contributed by atoms with Gasteiger partial charge in [-0.3, -0.25) is 14.1 Å². The molecule has 6 bridgehead atoms. The third-order valence-corrected chi connectivity index (χ3v) is 10.8. The van der Waals surface area contributed by atoms with Crippen molar-refractivity contribution in [3.8, 4) is 0 Å². The SMILES string of the molecule is CCC1(OC(=O)C2C3C(=O)OC4C3C[C@@H]2C4OC(=O)C(F)(F)S(=O)(=O)O)C2CC3CC(C2)CC1C3. The van der Waals surface area contributed by atoms with Crippen LogP contribution in [0.5, 0.6) is 0 Å². The van der Waals surface area contributed by atoms with E-state index in [-0.39, 0.29) is 18.3 Å². The lowest BCUT2D eigenvalue weighted by Crippen LogP contribution is -2.60. The Hall–Kier alpha value is -1.82. The zero-order valence-electron chi connectivity index (χ0n) is 19.1. The predicted molar refractivity (Wildman–Crippen MR) is 111 cm³/mol. The van der Waals surface area contributed by atoms with Crippen molar-refractivity contribution < 1.29 is 50.3 Å². The number of ether oxygens (including phenoxy) is 3. The molecule has 1 N–H and O–H groups in total. The summed E-state index contributed by atoms with van der Waals surface area (Å²) in [5, 5.41) is -5.18. The number of carbonyl (C=O) groups is 3. The Labute approximate surface area is 201 Å². The highest BCUT2D eigenvalue weighted by Gasteiger charge is 2.72. The summed E-state index contributed by atoms with van der Waals surface area (Å²) in [7, 11) is -6.06. The van der Waals surface area contributed by atoms with Crippen molar-refractivity contribution in [2.75, 3.05) is 0 Å². The number of carbonyl (C=O) groups excluding carboxylic acids is 3. The molecule has 6 atom stereocenters. The average Bonchev–Trinajstić information content (AvgIpc) is 3.38. The lowest BCUT2D eigenvalue weighted by Gasteiger charge is -2.60. The van der Waals surface area contributed by atoms with Gasteiger partial charge in [-0.15, -0.1) is 0 Å². The van der Waals surface area contributed by atoms with E-state index in [4.69, 9.17) is 18.8 Å². The summed E-state index contributed by atoms with van der Waals surface area (Å²) in [6, 6.07) is 0. The normalized spacial score (nSPS) is 47.1. The van der Waals surface area contributed by atoms with E-state index in [1.807, 2.05) is 6.92 Å². The number of rotatable bonds is 6. The van der Waals surface area contributed by atoms with Gasteiger partial charge in [-0.2, -0.15) is 17.2 Å². The maximum Gasteiger partial charge on any atom is 0.465 e. The number of hydrogen-bond donors (Lipinski definition) is 1. The molecular formula is C23H28F2O9S. The van der Waals surface area contributed by atoms with Gasteiger partial charge >= 0.3 is 33.3 Å². The lowest BCUT2D eigenvalue weighted by molar-refractivity contribution is -0.218. The van der Waals surface area contributed by atoms with Crippen LogP contribution < -0.4 is 0 Å². The molecular weight excluding hydrogens is 490 g/mol. The quantitative estimate of drug-likeness (QED) is 0.319. The van der Waals surface area contributed by atoms with Gasteiger partial charge in [0.2, 0.25) is 0 Å². The van der Waals surface area contributed by atoms with Crippen LogP contribution in [0.25, 0.3) is 0 Å². The fraction of sp³-hybridized carbons (Fsp3) is 0.870. The average molecular weight is 519 g/mol. The molecule has 7 rings (SSSR count). The molecule has 7 fully saturated rings. The molecule has 1 aliphatic heterocycles. The first-order valence-corrected chi connectivity index (χ1v) is 13.8. The van der Waals surface area contributed by atoms with E-state index < -0.39 is 74.8 Å². The second-order valence-corrected chi connectivity index (χ2v) is 12.9. The third kappa shape index (κ3) is 3.10. The molecule has 1 saturated heterocycles. The van der Waals surface area contributed by atoms with E-state index in [0.717, 1.165) is 25.7 Å². The van der Waals surface area contributed by atoms with Crippen LogP contribution in [0.15, 0.2) is 0 Å². The molecule has 5 unspecified atom stereocenters. The van der Waals surface area contributed by atoms with Gasteiger partial charge in [0, 0.05) is 11.8 Å². The van der Waals surface area contributed by atoms with Gasteiger partial charge in [-0.1, -0.05) is 6.92 Å². The van der Waals surface area contributed by atoms with E-state index in [2.05, 4.69) is 0 Å². The molecule has 0 aromatic rings. The second-order valence-electron chi connectivity index (χ2n) is 11.4. The summed E-state index contributed by atoms with van der Waals surface area (Å²) in [4.78, 5) is 38.3. The summed E-state index contributed by atoms with van der Waals surface area (Å²) in [5.41, 5.74) is -0.627. The summed E-state index contributed by atoms with van der Waals surface area (Å²) < 4.78 is 74.8. The highest BCUT2D eigenvalue weighted by atomic mass is 32.2. The van der Waals surface area contributed by atoms with Crippen LogP contribution in [0.4, 0.5) is 8.78 Å². The van der Waals surface area contributed by atoms with E-state index in [1.54, 1.807) is 0 Å². The topological polar surface area (TPSA) is 133 Å². The Morgan fingerprint density at radius 1 is 1.09 bits per heavy atom. The van der Waals surface area contributed by atoms with Crippen LogP contribution in [0.3, 0.4) is 0 Å². The Morgan fingerprint density at radius 2 is 1.69 bits per heavy atom. The van der Waals surface area contributed by atoms with Gasteiger partial charge in [0.25, 0.3) is 0 Å². The van der Waals surface area contributed by atoms with Gasteiger partial charge < -0.3 is 14.2 Å². The Morgan fingerprint density at radius 3 is 2.23 bits per heavy atom. The molecule has 35 heavy (non-hydrogen) atoms. The number of hydrogen-bond acceptors (Lipinski definition) is 8. The molecule has 6 aliphatic carbocycles. The molecule has 12 heteroatoms. The van der Waals surface area contributed by atoms with Crippen LogP contribution in [0.1, 0.15) is 51.9 Å². The van der Waals surface area contributed by atoms with E-state index in [1.165, 1.54) is 6.42 Å². The van der Waals surface area contributed by atoms with Gasteiger partial charge in [0.15, 0.2) is 0 Å². The number of alkyl halides is 2. The maximum absolute atomic E-state index is 13.9. The van der Waals surface area contributed by atoms with E-state index in [9.17, 15) is 31.6 Å². The molecule has 7 aliphatic rings. The summed E-state index contributed by atoms with van der Waals surface area (Å²) in [6.45, 7) is 2.00. The van der Waals surface area contributed by atoms with Crippen molar-refractivity contribution in [3.63, 3.8) is 0 Å². The van der Waals surface area contributed by atoms with E-state index >= 15 is 0 Å². The van der Waals surface area contributed by atoms with Crippen LogP contribution in [0.2, 0.25) is 0 Å². The smallest absolute Gasteiger partial charge is 0.458 e. The van der Waals surface area contributed by atoms with Crippen LogP contribution in [-0.2, 0) is 38.7 Å². The Kier molecular flexibility index (Phi) is 4.96. The molecule has 6 saturated carbocycles. The first-order valence-electron chi connectivity index (χ1n) is 12.4. The van der Waals surface area contributed by atoms with Crippen molar-refractivity contribution in [1.29, 1.82) is 0 Å². The second kappa shape index (κ2) is 7.36. The lowest BCUT2D eigenvalue weighted by atomic mass is 9.49. The number of esters is 3. The van der Waals surface area contributed by atoms with Gasteiger partial charge in [0.1, 0.15) is 17.8 Å². The molecule has 1 heterocycles. The van der Waals surface area contributed by atoms with Crippen molar-refractivity contribution in [3.05, 3.63) is 0 Å². The van der Waals surface area contributed by atoms with Crippen LogP contribution in [-0.4, -0.2) is 53.9 Å².